The Morgan fingerprint density at radius 2 is 2.00 bits per heavy atom. The number of hydrogen-bond acceptors (Lipinski definition) is 10. The summed E-state index contributed by atoms with van der Waals surface area (Å²) in [6.07, 6.45) is -1.11. The van der Waals surface area contributed by atoms with Gasteiger partial charge >= 0.3 is 13.6 Å². The molecule has 3 rings (SSSR count). The second kappa shape index (κ2) is 8.82. The van der Waals surface area contributed by atoms with Gasteiger partial charge in [0.2, 0.25) is 5.28 Å². The molecular weight excluding hydrogens is 469 g/mol. The van der Waals surface area contributed by atoms with E-state index in [1.165, 1.54) is 10.9 Å². The van der Waals surface area contributed by atoms with Crippen LogP contribution in [-0.4, -0.2) is 75.7 Å². The highest BCUT2D eigenvalue weighted by atomic mass is 35.5. The number of imidazole rings is 1. The number of esters is 1. The van der Waals surface area contributed by atoms with Crippen LogP contribution in [0.5, 0.6) is 0 Å². The van der Waals surface area contributed by atoms with E-state index >= 15 is 0 Å². The number of ether oxygens (including phenoxy) is 2. The number of nitrogens with zero attached hydrogens (tertiary/aromatic N) is 4. The first kappa shape index (κ1) is 24.8. The molecule has 0 spiro atoms. The van der Waals surface area contributed by atoms with Gasteiger partial charge < -0.3 is 39.8 Å². The summed E-state index contributed by atoms with van der Waals surface area (Å²) in [6.45, 7) is 4.21. The van der Waals surface area contributed by atoms with E-state index in [1.54, 1.807) is 20.8 Å². The maximum absolute atomic E-state index is 12.2. The largest absolute Gasteiger partial charge is 0.458 e. The second-order valence-corrected chi connectivity index (χ2v) is 10.5. The topological polar surface area (TPSA) is 203 Å². The molecule has 0 saturated heterocycles. The molecule has 1 fully saturated rings. The molecule has 2 aromatic heterocycles. The Hall–Kier alpha value is -1.86. The zero-order chi connectivity index (χ0) is 24.0. The minimum atomic E-state index is -5.02. The van der Waals surface area contributed by atoms with Gasteiger partial charge in [0.05, 0.1) is 25.1 Å². The van der Waals surface area contributed by atoms with E-state index < -0.39 is 55.8 Å². The van der Waals surface area contributed by atoms with E-state index in [1.807, 2.05) is 0 Å². The molecule has 0 aliphatic heterocycles. The highest BCUT2D eigenvalue weighted by Crippen LogP contribution is 2.44. The fourth-order valence-electron chi connectivity index (χ4n) is 3.56. The zero-order valence-electron chi connectivity index (χ0n) is 17.5. The Balaban J connectivity index is 1.78. The van der Waals surface area contributed by atoms with E-state index in [-0.39, 0.29) is 28.7 Å². The van der Waals surface area contributed by atoms with Crippen LogP contribution in [0.1, 0.15) is 33.2 Å². The first-order valence-corrected chi connectivity index (χ1v) is 11.7. The van der Waals surface area contributed by atoms with Crippen LogP contribution < -0.4 is 5.73 Å². The average molecular weight is 494 g/mol. The van der Waals surface area contributed by atoms with Gasteiger partial charge in [-0.15, -0.1) is 0 Å². The van der Waals surface area contributed by atoms with Gasteiger partial charge in [-0.1, -0.05) is 0 Å². The molecule has 15 heteroatoms. The third-order valence-corrected chi connectivity index (χ3v) is 6.07. The first-order chi connectivity index (χ1) is 14.7. The quantitative estimate of drug-likeness (QED) is 0.208. The Labute approximate surface area is 187 Å². The van der Waals surface area contributed by atoms with Gasteiger partial charge in [-0.05, 0) is 38.8 Å². The summed E-state index contributed by atoms with van der Waals surface area (Å²) in [7, 11) is -5.02. The van der Waals surface area contributed by atoms with Gasteiger partial charge in [-0.2, -0.15) is 9.97 Å². The Bertz CT molecular complexity index is 1050. The lowest BCUT2D eigenvalue weighted by atomic mass is 10.1. The summed E-state index contributed by atoms with van der Waals surface area (Å²) in [5.74, 6) is -4.10. The number of nitrogen functional groups attached to an aromatic ring is 1. The SMILES string of the molecule is CC(C)(C)OC(=O)[C@H](OC[C@H]1C[C@@H](n2cnc3c(N)nc(Cl)nc32)[C@H](O)[C@@H]1O)P(=O)(O)O. The van der Waals surface area contributed by atoms with Gasteiger partial charge in [0.25, 0.3) is 5.85 Å². The highest BCUT2D eigenvalue weighted by Gasteiger charge is 2.46. The van der Waals surface area contributed by atoms with Crippen LogP contribution in [0.25, 0.3) is 11.2 Å². The van der Waals surface area contributed by atoms with Crippen molar-refractivity contribution in [2.24, 2.45) is 5.92 Å². The maximum Gasteiger partial charge on any atom is 0.365 e. The summed E-state index contributed by atoms with van der Waals surface area (Å²) in [6, 6.07) is -0.719. The molecular formula is C17H25ClN5O8P. The Morgan fingerprint density at radius 3 is 2.59 bits per heavy atom. The average Bonchev–Trinajstić information content (AvgIpc) is 3.15. The number of nitrogens with two attached hydrogens (primary N) is 1. The molecule has 13 nitrogen and oxygen atoms in total. The van der Waals surface area contributed by atoms with Crippen LogP contribution in [0.4, 0.5) is 5.82 Å². The molecule has 0 bridgehead atoms. The van der Waals surface area contributed by atoms with Crippen molar-refractivity contribution < 1.29 is 38.8 Å². The minimum Gasteiger partial charge on any atom is -0.458 e. The van der Waals surface area contributed by atoms with Crippen LogP contribution in [0.3, 0.4) is 0 Å². The molecule has 6 N–H and O–H groups in total. The standard InChI is InChI=1S/C17H25ClN5O8P/c1-17(2,3)31-14(26)15(32(27,28)29)30-5-7-4-8(11(25)10(7)24)23-6-20-9-12(19)21-16(18)22-13(9)23/h6-8,10-11,15,24-25H,4-5H2,1-3H3,(H2,19,21,22)(H2,27,28,29)/t7-,8-,10-,11+,15-/m1/s1. The van der Waals surface area contributed by atoms with E-state index in [0.29, 0.717) is 0 Å². The summed E-state index contributed by atoms with van der Waals surface area (Å²) in [5, 5.41) is 21.0. The van der Waals surface area contributed by atoms with Gasteiger partial charge in [0, 0.05) is 5.92 Å². The van der Waals surface area contributed by atoms with Crippen molar-refractivity contribution >= 4 is 42.1 Å². The number of carbonyl (C=O) groups is 1. The number of aliphatic hydroxyl groups is 2. The Kier molecular flexibility index (Phi) is 6.83. The normalized spacial score (nSPS) is 25.2. The fourth-order valence-corrected chi connectivity index (χ4v) is 4.34. The molecule has 1 saturated carbocycles. The smallest absolute Gasteiger partial charge is 0.365 e. The summed E-state index contributed by atoms with van der Waals surface area (Å²) in [4.78, 5) is 43.3. The molecule has 0 radical (unpaired) electrons. The molecule has 2 aromatic rings. The molecule has 0 unspecified atom stereocenters. The van der Waals surface area contributed by atoms with Gasteiger partial charge in [-0.25, -0.2) is 9.78 Å². The van der Waals surface area contributed by atoms with E-state index in [0.717, 1.165) is 0 Å². The van der Waals surface area contributed by atoms with Crippen LogP contribution in [0, 0.1) is 5.92 Å². The van der Waals surface area contributed by atoms with E-state index in [9.17, 15) is 29.4 Å². The predicted molar refractivity (Wildman–Crippen MR) is 112 cm³/mol. The van der Waals surface area contributed by atoms with Crippen LogP contribution in [0.2, 0.25) is 5.28 Å². The lowest BCUT2D eigenvalue weighted by Crippen LogP contribution is -2.36. The highest BCUT2D eigenvalue weighted by molar-refractivity contribution is 7.53. The molecule has 1 aliphatic carbocycles. The molecule has 2 heterocycles. The number of fused-ring (bicyclic) bond motifs is 1. The van der Waals surface area contributed by atoms with Gasteiger partial charge in [0.1, 0.15) is 17.2 Å². The summed E-state index contributed by atoms with van der Waals surface area (Å²) < 4.78 is 23.5. The van der Waals surface area contributed by atoms with Crippen molar-refractivity contribution in [3.63, 3.8) is 0 Å². The monoisotopic (exact) mass is 493 g/mol. The number of carbonyl (C=O) groups excluding carboxylic acids is 1. The lowest BCUT2D eigenvalue weighted by Gasteiger charge is -2.25. The van der Waals surface area contributed by atoms with Crippen molar-refractivity contribution in [2.45, 2.75) is 56.9 Å². The second-order valence-electron chi connectivity index (χ2n) is 8.55. The molecule has 0 aromatic carbocycles. The third kappa shape index (κ3) is 5.20. The predicted octanol–water partition coefficient (Wildman–Crippen LogP) is 0.207. The number of aromatic nitrogens is 4. The van der Waals surface area contributed by atoms with Crippen molar-refractivity contribution in [3.8, 4) is 0 Å². The Morgan fingerprint density at radius 1 is 1.34 bits per heavy atom. The molecule has 5 atom stereocenters. The van der Waals surface area contributed by atoms with Crippen molar-refractivity contribution in [3.05, 3.63) is 11.6 Å². The molecule has 0 amide bonds. The van der Waals surface area contributed by atoms with Crippen molar-refractivity contribution in [2.75, 3.05) is 12.3 Å². The molecule has 32 heavy (non-hydrogen) atoms. The number of halogens is 1. The third-order valence-electron chi connectivity index (χ3n) is 4.93. The number of rotatable bonds is 6. The zero-order valence-corrected chi connectivity index (χ0v) is 19.1. The van der Waals surface area contributed by atoms with Crippen molar-refractivity contribution in [1.82, 2.24) is 19.5 Å². The first-order valence-electron chi connectivity index (χ1n) is 9.60. The van der Waals surface area contributed by atoms with Crippen molar-refractivity contribution in [1.29, 1.82) is 0 Å². The minimum absolute atomic E-state index is 0.0496. The van der Waals surface area contributed by atoms with Gasteiger partial charge in [0.15, 0.2) is 11.5 Å². The number of hydrogen-bond donors (Lipinski definition) is 5. The van der Waals surface area contributed by atoms with Gasteiger partial charge in [-0.3, -0.25) is 4.57 Å². The summed E-state index contributed by atoms with van der Waals surface area (Å²) >= 11 is 5.86. The molecule has 178 valence electrons. The van der Waals surface area contributed by atoms with Crippen LogP contribution in [-0.2, 0) is 18.8 Å². The number of anilines is 1. The van der Waals surface area contributed by atoms with E-state index in [2.05, 4.69) is 15.0 Å². The summed E-state index contributed by atoms with van der Waals surface area (Å²) in [5.41, 5.74) is 5.32. The maximum atomic E-state index is 12.2. The lowest BCUT2D eigenvalue weighted by molar-refractivity contribution is -0.165. The molecule has 1 aliphatic rings. The van der Waals surface area contributed by atoms with E-state index in [4.69, 9.17) is 26.8 Å². The van der Waals surface area contributed by atoms with Crippen LogP contribution >= 0.6 is 19.2 Å². The fraction of sp³-hybridized carbons (Fsp3) is 0.647. The number of aliphatic hydroxyl groups excluding tert-OH is 2. The van der Waals surface area contributed by atoms with Crippen LogP contribution in [0.15, 0.2) is 6.33 Å².